The summed E-state index contributed by atoms with van der Waals surface area (Å²) in [5.74, 6) is 0.840. The monoisotopic (exact) mass is 402 g/mol. The molecular weight excluding hydrogens is 388 g/mol. The van der Waals surface area contributed by atoms with Crippen LogP contribution in [-0.2, 0) is 0 Å². The van der Waals surface area contributed by atoms with Crippen LogP contribution in [-0.4, -0.2) is 16.5 Å². The number of ether oxygens (including phenoxy) is 1. The number of fused-ring (bicyclic) bond motifs is 5. The van der Waals surface area contributed by atoms with E-state index in [-0.39, 0.29) is 0 Å². The standard InChI is InChI=1S/C22H15BrN2O/c1-26-15-11-9-14(10-12-15)21-22-19(16-6-2-3-7-17(16)24-21)20(23)18-8-4-5-13-25(18)22/h2-13H,1H3. The number of nitrogens with zero attached hydrogens (tertiary/aromatic N) is 2. The summed E-state index contributed by atoms with van der Waals surface area (Å²) in [6.07, 6.45) is 2.09. The number of para-hydroxylation sites is 1. The van der Waals surface area contributed by atoms with Crippen molar-refractivity contribution in [3.63, 3.8) is 0 Å². The molecule has 0 aliphatic heterocycles. The number of methoxy groups -OCH3 is 1. The van der Waals surface area contributed by atoms with Crippen LogP contribution in [0.25, 0.3) is 38.6 Å². The zero-order valence-electron chi connectivity index (χ0n) is 14.1. The van der Waals surface area contributed by atoms with Crippen LogP contribution in [0.15, 0.2) is 77.4 Å². The Kier molecular flexibility index (Phi) is 3.47. The molecule has 0 fully saturated rings. The first-order valence-corrected chi connectivity index (χ1v) is 9.18. The van der Waals surface area contributed by atoms with E-state index in [2.05, 4.69) is 69.0 Å². The van der Waals surface area contributed by atoms with Crippen LogP contribution in [0, 0.1) is 0 Å². The Morgan fingerprint density at radius 3 is 2.50 bits per heavy atom. The second-order valence-electron chi connectivity index (χ2n) is 6.20. The normalized spacial score (nSPS) is 11.5. The van der Waals surface area contributed by atoms with E-state index in [0.29, 0.717) is 0 Å². The molecule has 0 radical (unpaired) electrons. The van der Waals surface area contributed by atoms with Gasteiger partial charge in [-0.3, -0.25) is 0 Å². The van der Waals surface area contributed by atoms with E-state index in [9.17, 15) is 0 Å². The topological polar surface area (TPSA) is 26.5 Å². The minimum Gasteiger partial charge on any atom is -0.497 e. The molecule has 3 nitrogen and oxygen atoms in total. The highest BCUT2D eigenvalue weighted by Crippen LogP contribution is 2.40. The van der Waals surface area contributed by atoms with E-state index < -0.39 is 0 Å². The van der Waals surface area contributed by atoms with Crippen LogP contribution in [0.1, 0.15) is 0 Å². The van der Waals surface area contributed by atoms with Gasteiger partial charge in [0.1, 0.15) is 5.75 Å². The molecule has 5 rings (SSSR count). The van der Waals surface area contributed by atoms with Gasteiger partial charge in [0, 0.05) is 22.5 Å². The summed E-state index contributed by atoms with van der Waals surface area (Å²) in [5, 5.41) is 2.34. The summed E-state index contributed by atoms with van der Waals surface area (Å²) in [6, 6.07) is 22.6. The number of hydrogen-bond donors (Lipinski definition) is 0. The van der Waals surface area contributed by atoms with Gasteiger partial charge in [0.25, 0.3) is 0 Å². The molecule has 0 spiro atoms. The first kappa shape index (κ1) is 15.4. The summed E-state index contributed by atoms with van der Waals surface area (Å²) in [7, 11) is 1.68. The molecule has 0 aliphatic rings. The second kappa shape index (κ2) is 5.85. The molecule has 2 aromatic carbocycles. The lowest BCUT2D eigenvalue weighted by molar-refractivity contribution is 0.415. The van der Waals surface area contributed by atoms with Crippen LogP contribution in [0.2, 0.25) is 0 Å². The van der Waals surface area contributed by atoms with Crippen molar-refractivity contribution in [2.45, 2.75) is 0 Å². The molecule has 0 amide bonds. The molecule has 0 saturated carbocycles. The molecule has 0 bridgehead atoms. The number of rotatable bonds is 2. The maximum Gasteiger partial charge on any atom is 0.118 e. The molecule has 0 unspecified atom stereocenters. The minimum absolute atomic E-state index is 0.840. The Morgan fingerprint density at radius 2 is 1.69 bits per heavy atom. The molecule has 3 heterocycles. The van der Waals surface area contributed by atoms with E-state index >= 15 is 0 Å². The summed E-state index contributed by atoms with van der Waals surface area (Å²) < 4.78 is 8.61. The van der Waals surface area contributed by atoms with Gasteiger partial charge in [-0.25, -0.2) is 4.98 Å². The molecule has 0 saturated heterocycles. The zero-order chi connectivity index (χ0) is 17.7. The third kappa shape index (κ3) is 2.15. The summed E-state index contributed by atoms with van der Waals surface area (Å²) >= 11 is 3.83. The van der Waals surface area contributed by atoms with E-state index in [1.165, 1.54) is 5.39 Å². The van der Waals surface area contributed by atoms with Crippen molar-refractivity contribution in [1.29, 1.82) is 0 Å². The molecule has 0 N–H and O–H groups in total. The molecule has 5 aromatic rings. The van der Waals surface area contributed by atoms with Crippen LogP contribution in [0.4, 0.5) is 0 Å². The van der Waals surface area contributed by atoms with Crippen molar-refractivity contribution in [3.05, 3.63) is 77.4 Å². The Hall–Kier alpha value is -2.85. The highest BCUT2D eigenvalue weighted by molar-refractivity contribution is 9.10. The molecule has 4 heteroatoms. The number of pyridine rings is 2. The smallest absolute Gasteiger partial charge is 0.118 e. The Labute approximate surface area is 159 Å². The third-order valence-electron chi connectivity index (χ3n) is 4.78. The van der Waals surface area contributed by atoms with Gasteiger partial charge < -0.3 is 9.14 Å². The maximum atomic E-state index is 5.30. The first-order chi connectivity index (χ1) is 12.8. The van der Waals surface area contributed by atoms with Crippen LogP contribution in [0.5, 0.6) is 5.75 Å². The number of halogens is 1. The van der Waals surface area contributed by atoms with Gasteiger partial charge in [0.2, 0.25) is 0 Å². The molecule has 3 aromatic heterocycles. The molecule has 0 aliphatic carbocycles. The van der Waals surface area contributed by atoms with E-state index in [4.69, 9.17) is 9.72 Å². The summed E-state index contributed by atoms with van der Waals surface area (Å²) in [6.45, 7) is 0. The van der Waals surface area contributed by atoms with Crippen molar-refractivity contribution in [1.82, 2.24) is 9.38 Å². The fourth-order valence-electron chi connectivity index (χ4n) is 3.55. The van der Waals surface area contributed by atoms with Gasteiger partial charge in [0.05, 0.1) is 33.8 Å². The Balaban J connectivity index is 1.99. The average Bonchev–Trinajstić information content (AvgIpc) is 3.01. The van der Waals surface area contributed by atoms with Crippen LogP contribution < -0.4 is 4.74 Å². The van der Waals surface area contributed by atoms with Crippen molar-refractivity contribution < 1.29 is 4.74 Å². The van der Waals surface area contributed by atoms with Gasteiger partial charge >= 0.3 is 0 Å². The highest BCUT2D eigenvalue weighted by atomic mass is 79.9. The lowest BCUT2D eigenvalue weighted by atomic mass is 10.1. The lowest BCUT2D eigenvalue weighted by Crippen LogP contribution is -1.92. The largest absolute Gasteiger partial charge is 0.497 e. The van der Waals surface area contributed by atoms with Crippen molar-refractivity contribution in [3.8, 4) is 17.0 Å². The maximum absolute atomic E-state index is 5.30. The van der Waals surface area contributed by atoms with Crippen molar-refractivity contribution in [2.75, 3.05) is 7.11 Å². The zero-order valence-corrected chi connectivity index (χ0v) is 15.7. The molecule has 26 heavy (non-hydrogen) atoms. The number of hydrogen-bond acceptors (Lipinski definition) is 2. The minimum atomic E-state index is 0.840. The Morgan fingerprint density at radius 1 is 0.923 bits per heavy atom. The van der Waals surface area contributed by atoms with Crippen LogP contribution >= 0.6 is 15.9 Å². The molecular formula is C22H15BrN2O. The SMILES string of the molecule is COc1ccc(-c2nc3ccccc3c3c(Br)c4ccccn4c23)cc1. The summed E-state index contributed by atoms with van der Waals surface area (Å²) in [5.41, 5.74) is 5.26. The predicted molar refractivity (Wildman–Crippen MR) is 110 cm³/mol. The third-order valence-corrected chi connectivity index (χ3v) is 5.58. The molecule has 126 valence electrons. The first-order valence-electron chi connectivity index (χ1n) is 8.39. The quantitative estimate of drug-likeness (QED) is 0.357. The fourth-order valence-corrected chi connectivity index (χ4v) is 4.28. The van der Waals surface area contributed by atoms with E-state index in [1.54, 1.807) is 7.11 Å². The number of benzene rings is 2. The van der Waals surface area contributed by atoms with E-state index in [1.807, 2.05) is 24.3 Å². The second-order valence-corrected chi connectivity index (χ2v) is 6.99. The fraction of sp³-hybridized carbons (Fsp3) is 0.0455. The van der Waals surface area contributed by atoms with Gasteiger partial charge in [0.15, 0.2) is 0 Å². The summed E-state index contributed by atoms with van der Waals surface area (Å²) in [4.78, 5) is 5.01. The van der Waals surface area contributed by atoms with Crippen molar-refractivity contribution in [2.24, 2.45) is 0 Å². The Bertz CT molecular complexity index is 1270. The number of aromatic nitrogens is 2. The predicted octanol–water partition coefficient (Wildman–Crippen LogP) is 6.08. The lowest BCUT2D eigenvalue weighted by Gasteiger charge is -2.09. The molecule has 0 atom stereocenters. The highest BCUT2D eigenvalue weighted by Gasteiger charge is 2.18. The van der Waals surface area contributed by atoms with Crippen LogP contribution in [0.3, 0.4) is 0 Å². The average molecular weight is 403 g/mol. The van der Waals surface area contributed by atoms with Gasteiger partial charge in [-0.2, -0.15) is 0 Å². The van der Waals surface area contributed by atoms with Gasteiger partial charge in [-0.15, -0.1) is 0 Å². The van der Waals surface area contributed by atoms with Gasteiger partial charge in [-0.1, -0.05) is 24.3 Å². The van der Waals surface area contributed by atoms with Crippen molar-refractivity contribution >= 4 is 43.3 Å². The van der Waals surface area contributed by atoms with Gasteiger partial charge in [-0.05, 0) is 58.4 Å². The van der Waals surface area contributed by atoms with E-state index in [0.717, 1.165) is 43.4 Å².